The van der Waals surface area contributed by atoms with E-state index in [1.54, 1.807) is 12.1 Å². The summed E-state index contributed by atoms with van der Waals surface area (Å²) in [5.41, 5.74) is 0.981. The zero-order valence-electron chi connectivity index (χ0n) is 9.63. The van der Waals surface area contributed by atoms with Crippen LogP contribution in [0.4, 0.5) is 5.69 Å². The minimum absolute atomic E-state index is 0.0547. The molecule has 0 aliphatic carbocycles. The highest BCUT2D eigenvalue weighted by atomic mass is 16.6. The van der Waals surface area contributed by atoms with Crippen molar-refractivity contribution >= 4 is 11.7 Å². The SMILES string of the molecule is CCC(CCc1ccc([N+](=O)[O-])cc1)C(=O)O. The van der Waals surface area contributed by atoms with Crippen LogP contribution < -0.4 is 0 Å². The molecule has 0 radical (unpaired) electrons. The van der Waals surface area contributed by atoms with Gasteiger partial charge in [0.2, 0.25) is 0 Å². The summed E-state index contributed by atoms with van der Waals surface area (Å²) in [5.74, 6) is -1.13. The Kier molecular flexibility index (Phi) is 4.63. The molecule has 0 heterocycles. The number of aliphatic carboxylic acids is 1. The van der Waals surface area contributed by atoms with Gasteiger partial charge in [0.1, 0.15) is 0 Å². The zero-order valence-corrected chi connectivity index (χ0v) is 9.63. The smallest absolute Gasteiger partial charge is 0.306 e. The van der Waals surface area contributed by atoms with Crippen molar-refractivity contribution in [1.29, 1.82) is 0 Å². The fourth-order valence-corrected chi connectivity index (χ4v) is 1.63. The van der Waals surface area contributed by atoms with Gasteiger partial charge in [-0.15, -0.1) is 0 Å². The number of aryl methyl sites for hydroxylation is 1. The standard InChI is InChI=1S/C12H15NO4/c1-2-10(12(14)15)6-3-9-4-7-11(8-5-9)13(16)17/h4-5,7-8,10H,2-3,6H2,1H3,(H,14,15). The highest BCUT2D eigenvalue weighted by molar-refractivity contribution is 5.69. The molecule has 0 saturated heterocycles. The van der Waals surface area contributed by atoms with E-state index in [-0.39, 0.29) is 11.6 Å². The first-order valence-electron chi connectivity index (χ1n) is 5.50. The van der Waals surface area contributed by atoms with E-state index < -0.39 is 10.9 Å². The van der Waals surface area contributed by atoms with Crippen molar-refractivity contribution in [3.05, 3.63) is 39.9 Å². The van der Waals surface area contributed by atoms with Gasteiger partial charge in [-0.1, -0.05) is 19.1 Å². The Balaban J connectivity index is 2.58. The Labute approximate surface area is 99.2 Å². The van der Waals surface area contributed by atoms with E-state index in [0.717, 1.165) is 5.56 Å². The third kappa shape index (κ3) is 3.86. The molecule has 0 aliphatic rings. The number of nitrogens with zero attached hydrogens (tertiary/aromatic N) is 1. The molecule has 1 unspecified atom stereocenters. The number of benzene rings is 1. The predicted molar refractivity (Wildman–Crippen MR) is 62.8 cm³/mol. The van der Waals surface area contributed by atoms with E-state index >= 15 is 0 Å². The maximum atomic E-state index is 10.8. The number of non-ortho nitro benzene ring substituents is 1. The summed E-state index contributed by atoms with van der Waals surface area (Å²) in [6.07, 6.45) is 1.79. The average molecular weight is 237 g/mol. The van der Waals surface area contributed by atoms with Crippen LogP contribution in [0.15, 0.2) is 24.3 Å². The topological polar surface area (TPSA) is 80.4 Å². The summed E-state index contributed by atoms with van der Waals surface area (Å²) in [7, 11) is 0. The molecule has 0 bridgehead atoms. The molecule has 1 N–H and O–H groups in total. The van der Waals surface area contributed by atoms with E-state index in [4.69, 9.17) is 5.11 Å². The second kappa shape index (κ2) is 5.98. The number of carboxylic acids is 1. The molecule has 0 fully saturated rings. The maximum absolute atomic E-state index is 10.8. The molecule has 1 aromatic rings. The van der Waals surface area contributed by atoms with Crippen molar-refractivity contribution in [3.8, 4) is 0 Å². The van der Waals surface area contributed by atoms with Gasteiger partial charge >= 0.3 is 5.97 Å². The molecule has 0 amide bonds. The van der Waals surface area contributed by atoms with Crippen molar-refractivity contribution in [3.63, 3.8) is 0 Å². The van der Waals surface area contributed by atoms with Gasteiger partial charge < -0.3 is 5.11 Å². The number of carboxylic acid groups (broad SMARTS) is 1. The number of hydrogen-bond donors (Lipinski definition) is 1. The predicted octanol–water partition coefficient (Wildman–Crippen LogP) is 2.64. The van der Waals surface area contributed by atoms with Crippen molar-refractivity contribution in [2.24, 2.45) is 5.92 Å². The van der Waals surface area contributed by atoms with Crippen molar-refractivity contribution in [1.82, 2.24) is 0 Å². The molecule has 0 aromatic heterocycles. The summed E-state index contributed by atoms with van der Waals surface area (Å²) >= 11 is 0. The van der Waals surface area contributed by atoms with Crippen LogP contribution in [0.3, 0.4) is 0 Å². The Bertz CT molecular complexity index is 399. The lowest BCUT2D eigenvalue weighted by molar-refractivity contribution is -0.384. The fourth-order valence-electron chi connectivity index (χ4n) is 1.63. The zero-order chi connectivity index (χ0) is 12.8. The van der Waals surface area contributed by atoms with Crippen molar-refractivity contribution in [2.75, 3.05) is 0 Å². The number of carbonyl (C=O) groups is 1. The Hall–Kier alpha value is -1.91. The van der Waals surface area contributed by atoms with E-state index in [1.807, 2.05) is 6.92 Å². The second-order valence-corrected chi connectivity index (χ2v) is 3.91. The average Bonchev–Trinajstić information content (AvgIpc) is 2.30. The van der Waals surface area contributed by atoms with Crippen LogP contribution in [-0.4, -0.2) is 16.0 Å². The van der Waals surface area contributed by atoms with E-state index in [2.05, 4.69) is 0 Å². The number of nitro groups is 1. The molecule has 1 rings (SSSR count). The molecule has 17 heavy (non-hydrogen) atoms. The molecule has 92 valence electrons. The summed E-state index contributed by atoms with van der Waals surface area (Å²) in [6, 6.07) is 6.23. The van der Waals surface area contributed by atoms with Crippen LogP contribution in [0.1, 0.15) is 25.3 Å². The lowest BCUT2D eigenvalue weighted by atomic mass is 9.97. The quantitative estimate of drug-likeness (QED) is 0.609. The lowest BCUT2D eigenvalue weighted by Crippen LogP contribution is -2.13. The van der Waals surface area contributed by atoms with E-state index in [9.17, 15) is 14.9 Å². The first-order valence-corrected chi connectivity index (χ1v) is 5.50. The molecule has 1 aromatic carbocycles. The van der Waals surface area contributed by atoms with Crippen LogP contribution in [0.25, 0.3) is 0 Å². The van der Waals surface area contributed by atoms with Gasteiger partial charge in [-0.25, -0.2) is 0 Å². The van der Waals surface area contributed by atoms with Gasteiger partial charge in [-0.05, 0) is 24.8 Å². The summed E-state index contributed by atoms with van der Waals surface area (Å²) in [4.78, 5) is 20.8. The van der Waals surface area contributed by atoms with Gasteiger partial charge in [0.25, 0.3) is 5.69 Å². The van der Waals surface area contributed by atoms with Gasteiger partial charge in [0.15, 0.2) is 0 Å². The first kappa shape index (κ1) is 13.2. The summed E-state index contributed by atoms with van der Waals surface area (Å²) < 4.78 is 0. The Morgan fingerprint density at radius 3 is 2.41 bits per heavy atom. The number of rotatable bonds is 6. The van der Waals surface area contributed by atoms with Crippen LogP contribution in [0.5, 0.6) is 0 Å². The number of nitro benzene ring substituents is 1. The van der Waals surface area contributed by atoms with Crippen molar-refractivity contribution < 1.29 is 14.8 Å². The minimum Gasteiger partial charge on any atom is -0.481 e. The summed E-state index contributed by atoms with van der Waals surface area (Å²) in [5, 5.41) is 19.3. The van der Waals surface area contributed by atoms with Gasteiger partial charge in [-0.2, -0.15) is 0 Å². The van der Waals surface area contributed by atoms with Gasteiger partial charge in [0.05, 0.1) is 10.8 Å². The highest BCUT2D eigenvalue weighted by Gasteiger charge is 2.14. The second-order valence-electron chi connectivity index (χ2n) is 3.91. The largest absolute Gasteiger partial charge is 0.481 e. The van der Waals surface area contributed by atoms with E-state index in [1.165, 1.54) is 12.1 Å². The van der Waals surface area contributed by atoms with Crippen LogP contribution in [0, 0.1) is 16.0 Å². The molecule has 1 atom stereocenters. The first-order chi connectivity index (χ1) is 8.04. The van der Waals surface area contributed by atoms with Crippen molar-refractivity contribution in [2.45, 2.75) is 26.2 Å². The van der Waals surface area contributed by atoms with Crippen LogP contribution >= 0.6 is 0 Å². The van der Waals surface area contributed by atoms with E-state index in [0.29, 0.717) is 19.3 Å². The lowest BCUT2D eigenvalue weighted by Gasteiger charge is -2.08. The molecule has 5 heteroatoms. The van der Waals surface area contributed by atoms with Crippen LogP contribution in [-0.2, 0) is 11.2 Å². The normalized spacial score (nSPS) is 12.1. The Morgan fingerprint density at radius 1 is 1.41 bits per heavy atom. The highest BCUT2D eigenvalue weighted by Crippen LogP contribution is 2.16. The monoisotopic (exact) mass is 237 g/mol. The van der Waals surface area contributed by atoms with Gasteiger partial charge in [-0.3, -0.25) is 14.9 Å². The molecular weight excluding hydrogens is 222 g/mol. The third-order valence-corrected chi connectivity index (χ3v) is 2.77. The fraction of sp³-hybridized carbons (Fsp3) is 0.417. The molecular formula is C12H15NO4. The molecule has 0 spiro atoms. The Morgan fingerprint density at radius 2 is 2.00 bits per heavy atom. The number of hydrogen-bond acceptors (Lipinski definition) is 3. The molecule has 0 aliphatic heterocycles. The summed E-state index contributed by atoms with van der Waals surface area (Å²) in [6.45, 7) is 1.84. The molecule has 0 saturated carbocycles. The molecule has 5 nitrogen and oxygen atoms in total. The van der Waals surface area contributed by atoms with Crippen LogP contribution in [0.2, 0.25) is 0 Å². The van der Waals surface area contributed by atoms with Gasteiger partial charge in [0, 0.05) is 12.1 Å². The maximum Gasteiger partial charge on any atom is 0.306 e. The minimum atomic E-state index is -0.783. The third-order valence-electron chi connectivity index (χ3n) is 2.77.